The largest absolute Gasteiger partial charge is 0.394 e. The Morgan fingerprint density at radius 1 is 0.900 bits per heavy atom. The standard InChI is InChI=1S/C21H39N7O12/c1-5-21(36,4-30)16(40-17-9(26-2)13(34)10(31)6(3-29)38-17)18(37-5)39-15-8(28-20(24)25)11(32)7(27-19(22)23)12(33)14(15)35/h4-18,26,29,31-36H,3H2,1-2H3,(H4,22,23,27)(H4,24,25,28)/p+3/t5-,6-,7+,8-,9-,10-,11+,12-,13-,14+,15+,16-,17-,18-,21+/m0/s1. The fraction of sp³-hybridized carbons (Fsp3) is 0.857. The highest BCUT2D eigenvalue weighted by molar-refractivity contribution is 5.69. The molecule has 19 nitrogen and oxygen atoms in total. The van der Waals surface area contributed by atoms with Crippen molar-refractivity contribution in [3.63, 3.8) is 0 Å². The van der Waals surface area contributed by atoms with Crippen LogP contribution in [0.25, 0.3) is 0 Å². The van der Waals surface area contributed by atoms with Crippen molar-refractivity contribution in [3.05, 3.63) is 0 Å². The van der Waals surface area contributed by atoms with Crippen LogP contribution in [-0.2, 0) is 23.7 Å². The number of aliphatic hydroxyl groups is 7. The Morgan fingerprint density at radius 2 is 1.50 bits per heavy atom. The first-order chi connectivity index (χ1) is 18.7. The summed E-state index contributed by atoms with van der Waals surface area (Å²) < 4.78 is 23.1. The minimum atomic E-state index is -2.35. The molecule has 0 radical (unpaired) electrons. The van der Waals surface area contributed by atoms with Crippen molar-refractivity contribution in [1.82, 2.24) is 0 Å². The Kier molecular flexibility index (Phi) is 10.2. The summed E-state index contributed by atoms with van der Waals surface area (Å²) in [6, 6.07) is -3.62. The van der Waals surface area contributed by atoms with Crippen LogP contribution in [0.15, 0.2) is 0 Å². The zero-order valence-corrected chi connectivity index (χ0v) is 21.9. The maximum Gasteiger partial charge on any atom is 0.339 e. The lowest BCUT2D eigenvalue weighted by Gasteiger charge is -2.44. The van der Waals surface area contributed by atoms with Crippen molar-refractivity contribution in [3.8, 4) is 0 Å². The van der Waals surface area contributed by atoms with Crippen molar-refractivity contribution in [2.45, 2.75) is 98.2 Å². The minimum absolute atomic E-state index is 0.163. The van der Waals surface area contributed by atoms with E-state index in [-0.39, 0.29) is 18.2 Å². The molecule has 0 bridgehead atoms. The molecule has 15 atom stereocenters. The Labute approximate surface area is 228 Å². The molecule has 40 heavy (non-hydrogen) atoms. The van der Waals surface area contributed by atoms with Gasteiger partial charge in [0.25, 0.3) is 0 Å². The van der Waals surface area contributed by atoms with Crippen molar-refractivity contribution in [2.75, 3.05) is 13.7 Å². The number of aldehydes is 1. The van der Waals surface area contributed by atoms with Gasteiger partial charge in [-0.1, -0.05) is 0 Å². The molecular formula is C21H42N7O12+3. The van der Waals surface area contributed by atoms with Gasteiger partial charge in [-0.3, -0.25) is 37.7 Å². The molecule has 230 valence electrons. The molecular weight excluding hydrogens is 542 g/mol. The van der Waals surface area contributed by atoms with E-state index >= 15 is 0 Å². The molecule has 0 unspecified atom stereocenters. The Balaban J connectivity index is 1.96. The van der Waals surface area contributed by atoms with Gasteiger partial charge in [0.05, 0.1) is 19.8 Å². The second-order valence-electron chi connectivity index (χ2n) is 10.1. The summed E-state index contributed by atoms with van der Waals surface area (Å²) in [4.78, 5) is 17.1. The Bertz CT molecular complexity index is 940. The summed E-state index contributed by atoms with van der Waals surface area (Å²) in [7, 11) is 1.55. The zero-order chi connectivity index (χ0) is 30.1. The van der Waals surface area contributed by atoms with E-state index in [0.29, 0.717) is 0 Å². The van der Waals surface area contributed by atoms with Crippen LogP contribution >= 0.6 is 0 Å². The molecule has 19 N–H and O–H groups in total. The molecule has 0 aromatic carbocycles. The van der Waals surface area contributed by atoms with Crippen LogP contribution in [0.3, 0.4) is 0 Å². The molecule has 3 aliphatic rings. The van der Waals surface area contributed by atoms with Crippen LogP contribution in [-0.4, -0.2) is 159 Å². The molecule has 2 aliphatic heterocycles. The van der Waals surface area contributed by atoms with Gasteiger partial charge in [0.2, 0.25) is 6.29 Å². The topological polar surface area (TPSA) is 344 Å². The molecule has 3 fully saturated rings. The smallest absolute Gasteiger partial charge is 0.339 e. The van der Waals surface area contributed by atoms with Crippen LogP contribution in [0.1, 0.15) is 6.92 Å². The fourth-order valence-corrected chi connectivity index (χ4v) is 5.28. The predicted octanol–water partition coefficient (Wildman–Crippen LogP) is -13.0. The summed E-state index contributed by atoms with van der Waals surface area (Å²) >= 11 is 0. The first-order valence-corrected chi connectivity index (χ1v) is 12.6. The first-order valence-electron chi connectivity index (χ1n) is 12.6. The third-order valence-electron chi connectivity index (χ3n) is 7.58. The molecule has 1 saturated carbocycles. The van der Waals surface area contributed by atoms with Gasteiger partial charge < -0.3 is 60.0 Å². The van der Waals surface area contributed by atoms with Gasteiger partial charge in [0, 0.05) is 0 Å². The van der Waals surface area contributed by atoms with Crippen LogP contribution in [0, 0.1) is 0 Å². The summed E-state index contributed by atoms with van der Waals surface area (Å²) in [5.74, 6) is -0.749. The van der Waals surface area contributed by atoms with Crippen molar-refractivity contribution < 1.29 is 74.8 Å². The number of likely N-dealkylation sites (N-methyl/N-ethyl adjacent to an activating group) is 1. The fourth-order valence-electron chi connectivity index (χ4n) is 5.28. The maximum atomic E-state index is 12.1. The van der Waals surface area contributed by atoms with E-state index in [9.17, 15) is 40.5 Å². The van der Waals surface area contributed by atoms with E-state index < -0.39 is 97.8 Å². The first kappa shape index (κ1) is 32.2. The van der Waals surface area contributed by atoms with Gasteiger partial charge in [-0.25, -0.2) is 0 Å². The molecule has 0 aromatic rings. The Hall–Kier alpha value is -2.27. The monoisotopic (exact) mass is 584 g/mol. The van der Waals surface area contributed by atoms with E-state index in [1.807, 2.05) is 0 Å². The lowest BCUT2D eigenvalue weighted by atomic mass is 9.81. The third kappa shape index (κ3) is 6.00. The molecule has 0 spiro atoms. The highest BCUT2D eigenvalue weighted by Crippen LogP contribution is 2.37. The van der Waals surface area contributed by atoms with Gasteiger partial charge >= 0.3 is 11.9 Å². The summed E-state index contributed by atoms with van der Waals surface area (Å²) in [5, 5.41) is 75.7. The maximum absolute atomic E-state index is 12.1. The number of quaternary nitrogens is 1. The Morgan fingerprint density at radius 3 is 2.02 bits per heavy atom. The second kappa shape index (κ2) is 12.7. The normalized spacial score (nSPS) is 47.4. The highest BCUT2D eigenvalue weighted by Gasteiger charge is 2.61. The summed E-state index contributed by atoms with van der Waals surface area (Å²) in [6.45, 7) is 0.662. The lowest BCUT2D eigenvalue weighted by Crippen LogP contribution is -2.99. The summed E-state index contributed by atoms with van der Waals surface area (Å²) in [5.41, 5.74) is 19.7. The minimum Gasteiger partial charge on any atom is -0.394 e. The number of nitrogens with one attached hydrogen (secondary N) is 2. The number of guanidine groups is 2. The number of nitrogens with two attached hydrogens (primary N) is 5. The highest BCUT2D eigenvalue weighted by atomic mass is 16.8. The number of ether oxygens (including phenoxy) is 4. The van der Waals surface area contributed by atoms with Crippen LogP contribution in [0.2, 0.25) is 0 Å². The van der Waals surface area contributed by atoms with E-state index in [1.54, 1.807) is 7.05 Å². The number of hydrogen-bond acceptors (Lipinski definition) is 12. The zero-order valence-electron chi connectivity index (χ0n) is 21.9. The molecule has 2 saturated heterocycles. The third-order valence-corrected chi connectivity index (χ3v) is 7.58. The summed E-state index contributed by atoms with van der Waals surface area (Å²) in [6.07, 6.45) is -16.6. The average Bonchev–Trinajstić information content (AvgIpc) is 3.13. The predicted molar refractivity (Wildman–Crippen MR) is 129 cm³/mol. The number of carbonyl (C=O) groups excluding carboxylic acids is 1. The quantitative estimate of drug-likeness (QED) is 0.0679. The molecule has 3 rings (SSSR count). The van der Waals surface area contributed by atoms with Crippen molar-refractivity contribution in [1.29, 1.82) is 0 Å². The molecule has 0 amide bonds. The van der Waals surface area contributed by atoms with E-state index in [0.717, 1.165) is 0 Å². The molecule has 19 heteroatoms. The molecule has 0 aromatic heterocycles. The second-order valence-corrected chi connectivity index (χ2v) is 10.1. The van der Waals surface area contributed by atoms with Gasteiger partial charge in [0.1, 0.15) is 60.9 Å². The van der Waals surface area contributed by atoms with E-state index in [4.69, 9.17) is 41.9 Å². The number of aliphatic hydroxyl groups excluding tert-OH is 6. The van der Waals surface area contributed by atoms with Gasteiger partial charge in [-0.15, -0.1) is 0 Å². The van der Waals surface area contributed by atoms with Crippen LogP contribution in [0.4, 0.5) is 0 Å². The SMILES string of the molecule is C[NH2+][C@@H]1[C@H](O[C@H]2[C@H](O[C@H]3[C@H](O)[C@@H](O)[C@H]([NH+]=C(N)N)[C@@H](O)[C@@H]3[NH+]=C(N)N)O[C@@H](C)[C@]2(O)C=O)O[C@@H](CO)[C@H](O)[C@H]1O. The van der Waals surface area contributed by atoms with Crippen molar-refractivity contribution >= 4 is 18.2 Å². The average molecular weight is 585 g/mol. The van der Waals surface area contributed by atoms with Gasteiger partial charge in [-0.2, -0.15) is 0 Å². The molecule has 1 aliphatic carbocycles. The van der Waals surface area contributed by atoms with Gasteiger partial charge in [0.15, 0.2) is 24.2 Å². The number of hydrogen-bond donors (Lipinski definition) is 14. The van der Waals surface area contributed by atoms with Crippen molar-refractivity contribution in [2.24, 2.45) is 22.9 Å². The van der Waals surface area contributed by atoms with Crippen LogP contribution < -0.4 is 38.2 Å². The number of carbonyl (C=O) groups is 1. The van der Waals surface area contributed by atoms with E-state index in [2.05, 4.69) is 9.98 Å². The van der Waals surface area contributed by atoms with Crippen LogP contribution in [0.5, 0.6) is 0 Å². The lowest BCUT2D eigenvalue weighted by molar-refractivity contribution is -0.696. The molecule has 2 heterocycles. The number of rotatable bonds is 9. The van der Waals surface area contributed by atoms with Gasteiger partial charge in [-0.05, 0) is 6.92 Å². The van der Waals surface area contributed by atoms with E-state index in [1.165, 1.54) is 12.2 Å².